The Morgan fingerprint density at radius 1 is 1.03 bits per heavy atom. The number of benzene rings is 2. The Labute approximate surface area is 170 Å². The number of rotatable bonds is 3. The van der Waals surface area contributed by atoms with Gasteiger partial charge in [-0.2, -0.15) is 9.37 Å². The van der Waals surface area contributed by atoms with Gasteiger partial charge in [0.1, 0.15) is 5.25 Å². The van der Waals surface area contributed by atoms with E-state index in [0.29, 0.717) is 13.1 Å². The average Bonchev–Trinajstić information content (AvgIpc) is 3.15. The minimum Gasteiger partial charge on any atom is -0.297 e. The lowest BCUT2D eigenvalue weighted by atomic mass is 10.00. The largest absolute Gasteiger partial charge is 0.297 e. The molecule has 1 aromatic heterocycles. The van der Waals surface area contributed by atoms with Gasteiger partial charge in [0.25, 0.3) is 0 Å². The topological polar surface area (TPSA) is 62.7 Å². The zero-order chi connectivity index (χ0) is 20.0. The molecule has 0 N–H and O–H groups in total. The van der Waals surface area contributed by atoms with Crippen LogP contribution in [0.3, 0.4) is 0 Å². The van der Waals surface area contributed by atoms with Crippen molar-refractivity contribution in [2.75, 3.05) is 20.2 Å². The smallest absolute Gasteiger partial charge is 0.221 e. The van der Waals surface area contributed by atoms with E-state index < -0.39 is 15.3 Å². The van der Waals surface area contributed by atoms with Gasteiger partial charge in [-0.15, -0.1) is 0 Å². The molecule has 7 heteroatoms. The lowest BCUT2D eigenvalue weighted by molar-refractivity contribution is -0.110. The second-order valence-corrected chi connectivity index (χ2v) is 9.79. The number of hydroxylamine groups is 2. The average molecular weight is 410 g/mol. The van der Waals surface area contributed by atoms with Crippen LogP contribution >= 0.6 is 0 Å². The number of aromatic nitrogens is 1. The maximum Gasteiger partial charge on any atom is 0.221 e. The Balaban J connectivity index is 1.53. The van der Waals surface area contributed by atoms with Crippen molar-refractivity contribution in [3.05, 3.63) is 77.5 Å². The molecule has 1 fully saturated rings. The van der Waals surface area contributed by atoms with Gasteiger partial charge in [0.05, 0.1) is 18.2 Å². The van der Waals surface area contributed by atoms with Gasteiger partial charge >= 0.3 is 0 Å². The van der Waals surface area contributed by atoms with Crippen molar-refractivity contribution in [1.82, 2.24) is 14.4 Å². The first-order valence-electron chi connectivity index (χ1n) is 9.81. The molecule has 3 heterocycles. The van der Waals surface area contributed by atoms with Gasteiger partial charge < -0.3 is 0 Å². The zero-order valence-corrected chi connectivity index (χ0v) is 17.0. The first-order chi connectivity index (χ1) is 14.1. The summed E-state index contributed by atoms with van der Waals surface area (Å²) in [5.74, 6) is 0. The number of fused-ring (bicyclic) bond motifs is 2. The number of para-hydroxylation sites is 1. The third-order valence-corrected chi connectivity index (χ3v) is 8.22. The van der Waals surface area contributed by atoms with Gasteiger partial charge in [0.2, 0.25) is 10.0 Å². The molecule has 0 aliphatic carbocycles. The summed E-state index contributed by atoms with van der Waals surface area (Å²) in [7, 11) is -1.75. The van der Waals surface area contributed by atoms with E-state index in [9.17, 15) is 8.42 Å². The molecular formula is C22H23N3O3S. The van der Waals surface area contributed by atoms with Crippen LogP contribution in [0.5, 0.6) is 0 Å². The molecule has 5 rings (SSSR count). The molecule has 0 radical (unpaired) electrons. The summed E-state index contributed by atoms with van der Waals surface area (Å²) in [6.07, 6.45) is 2.48. The van der Waals surface area contributed by atoms with Gasteiger partial charge in [-0.05, 0) is 35.2 Å². The van der Waals surface area contributed by atoms with Gasteiger partial charge in [-0.3, -0.25) is 9.82 Å². The fraction of sp³-hybridized carbons (Fsp3) is 0.318. The van der Waals surface area contributed by atoms with Crippen molar-refractivity contribution in [2.45, 2.75) is 24.3 Å². The van der Waals surface area contributed by atoms with Crippen molar-refractivity contribution in [3.8, 4) is 0 Å². The summed E-state index contributed by atoms with van der Waals surface area (Å²) in [6.45, 7) is 1.07. The van der Waals surface area contributed by atoms with E-state index in [4.69, 9.17) is 4.84 Å². The molecule has 2 aliphatic heterocycles. The Kier molecular flexibility index (Phi) is 4.63. The standard InChI is InChI=1S/C22H23N3O3S/c1-24-22(19-10-12-23-20-9-5-4-8-18(19)20)21(15-28-24)29(26,27)25-13-11-16-6-2-3-7-17(16)14-25/h2-10,12,21-22H,11,13-15H2,1H3. The molecule has 0 saturated carbocycles. The highest BCUT2D eigenvalue weighted by atomic mass is 32.2. The minimum absolute atomic E-state index is 0.151. The normalized spacial score (nSPS) is 23.3. The molecule has 2 aromatic carbocycles. The fourth-order valence-corrected chi connectivity index (χ4v) is 6.42. The van der Waals surface area contributed by atoms with Gasteiger partial charge in [-0.25, -0.2) is 8.42 Å². The summed E-state index contributed by atoms with van der Waals surface area (Å²) in [4.78, 5) is 10.2. The summed E-state index contributed by atoms with van der Waals surface area (Å²) < 4.78 is 29.0. The summed E-state index contributed by atoms with van der Waals surface area (Å²) >= 11 is 0. The van der Waals surface area contributed by atoms with Crippen LogP contribution in [0.15, 0.2) is 60.8 Å². The van der Waals surface area contributed by atoms with E-state index in [1.807, 2.05) is 48.5 Å². The molecule has 2 aliphatic rings. The molecule has 2 atom stereocenters. The van der Waals surface area contributed by atoms with Crippen LogP contribution in [0.1, 0.15) is 22.7 Å². The molecule has 2 unspecified atom stereocenters. The molecule has 1 saturated heterocycles. The summed E-state index contributed by atoms with van der Waals surface area (Å²) in [5.41, 5.74) is 4.10. The SMILES string of the molecule is CN1OCC(S(=O)(=O)N2CCc3ccccc3C2)C1c1ccnc2ccccc12. The van der Waals surface area contributed by atoms with Crippen LogP contribution in [0, 0.1) is 0 Å². The molecule has 3 aromatic rings. The lowest BCUT2D eigenvalue weighted by Crippen LogP contribution is -2.44. The van der Waals surface area contributed by atoms with Gasteiger partial charge in [0, 0.05) is 31.7 Å². The highest BCUT2D eigenvalue weighted by Gasteiger charge is 2.46. The van der Waals surface area contributed by atoms with Crippen LogP contribution in [-0.2, 0) is 27.8 Å². The van der Waals surface area contributed by atoms with Crippen LogP contribution < -0.4 is 0 Å². The highest BCUT2D eigenvalue weighted by molar-refractivity contribution is 7.89. The van der Waals surface area contributed by atoms with Crippen LogP contribution in [-0.4, -0.2) is 48.2 Å². The number of nitrogens with zero attached hydrogens (tertiary/aromatic N) is 3. The monoisotopic (exact) mass is 409 g/mol. The molecular weight excluding hydrogens is 386 g/mol. The molecule has 0 spiro atoms. The van der Waals surface area contributed by atoms with Crippen molar-refractivity contribution in [3.63, 3.8) is 0 Å². The highest BCUT2D eigenvalue weighted by Crippen LogP contribution is 2.38. The number of pyridine rings is 1. The molecule has 0 amide bonds. The van der Waals surface area contributed by atoms with E-state index >= 15 is 0 Å². The third kappa shape index (κ3) is 3.14. The Bertz CT molecular complexity index is 1160. The van der Waals surface area contributed by atoms with E-state index in [1.54, 1.807) is 22.6 Å². The molecule has 0 bridgehead atoms. The second-order valence-electron chi connectivity index (χ2n) is 7.64. The van der Waals surface area contributed by atoms with E-state index in [0.717, 1.165) is 28.5 Å². The minimum atomic E-state index is -3.56. The van der Waals surface area contributed by atoms with Crippen LogP contribution in [0.25, 0.3) is 10.9 Å². The molecule has 29 heavy (non-hydrogen) atoms. The van der Waals surface area contributed by atoms with Crippen molar-refractivity contribution in [1.29, 1.82) is 0 Å². The van der Waals surface area contributed by atoms with Crippen LogP contribution in [0.2, 0.25) is 0 Å². The van der Waals surface area contributed by atoms with E-state index in [1.165, 1.54) is 5.56 Å². The first kappa shape index (κ1) is 18.7. The number of hydrogen-bond donors (Lipinski definition) is 0. The molecule has 150 valence electrons. The quantitative estimate of drug-likeness (QED) is 0.666. The Morgan fingerprint density at radius 2 is 1.79 bits per heavy atom. The predicted octanol–water partition coefficient (Wildman–Crippen LogP) is 2.91. The molecule has 6 nitrogen and oxygen atoms in total. The summed E-state index contributed by atoms with van der Waals surface area (Å²) in [5, 5.41) is 1.98. The van der Waals surface area contributed by atoms with E-state index in [-0.39, 0.29) is 12.6 Å². The summed E-state index contributed by atoms with van der Waals surface area (Å²) in [6, 6.07) is 17.4. The van der Waals surface area contributed by atoms with E-state index in [2.05, 4.69) is 11.1 Å². The maximum atomic E-state index is 13.7. The zero-order valence-electron chi connectivity index (χ0n) is 16.2. The second kappa shape index (κ2) is 7.18. The lowest BCUT2D eigenvalue weighted by Gasteiger charge is -2.32. The fourth-order valence-electron chi connectivity index (χ4n) is 4.50. The van der Waals surface area contributed by atoms with Crippen LogP contribution in [0.4, 0.5) is 0 Å². The predicted molar refractivity (Wildman–Crippen MR) is 111 cm³/mol. The maximum absolute atomic E-state index is 13.7. The number of hydrogen-bond acceptors (Lipinski definition) is 5. The van der Waals surface area contributed by atoms with Gasteiger partial charge in [0.15, 0.2) is 0 Å². The van der Waals surface area contributed by atoms with Crippen molar-refractivity contribution in [2.24, 2.45) is 0 Å². The first-order valence-corrected chi connectivity index (χ1v) is 11.3. The van der Waals surface area contributed by atoms with Crippen molar-refractivity contribution >= 4 is 20.9 Å². The van der Waals surface area contributed by atoms with Gasteiger partial charge in [-0.1, -0.05) is 42.5 Å². The third-order valence-electron chi connectivity index (χ3n) is 6.03. The number of sulfonamides is 1. The Morgan fingerprint density at radius 3 is 2.66 bits per heavy atom. The Hall–Kier alpha value is -2.32. The van der Waals surface area contributed by atoms with Crippen molar-refractivity contribution < 1.29 is 13.3 Å².